The number of benzene rings is 3. The van der Waals surface area contributed by atoms with Crippen LogP contribution in [-0.2, 0) is 11.2 Å². The molecular formula is C22H18ClFN2O3. The molecule has 0 heterocycles. The largest absolute Gasteiger partial charge is 0.497 e. The third-order valence-electron chi connectivity index (χ3n) is 4.18. The van der Waals surface area contributed by atoms with Gasteiger partial charge in [-0.15, -0.1) is 0 Å². The second-order valence-corrected chi connectivity index (χ2v) is 6.59. The molecule has 29 heavy (non-hydrogen) atoms. The van der Waals surface area contributed by atoms with Gasteiger partial charge in [-0.2, -0.15) is 0 Å². The fraction of sp³-hybridized carbons (Fsp3) is 0.0909. The van der Waals surface area contributed by atoms with Gasteiger partial charge in [0.1, 0.15) is 11.6 Å². The molecule has 0 unspecified atom stereocenters. The van der Waals surface area contributed by atoms with Crippen molar-refractivity contribution in [3.63, 3.8) is 0 Å². The highest BCUT2D eigenvalue weighted by molar-refractivity contribution is 6.31. The van der Waals surface area contributed by atoms with Crippen LogP contribution in [0.2, 0.25) is 5.02 Å². The van der Waals surface area contributed by atoms with Gasteiger partial charge in [0, 0.05) is 27.5 Å². The summed E-state index contributed by atoms with van der Waals surface area (Å²) in [6.45, 7) is 0. The van der Waals surface area contributed by atoms with E-state index in [1.54, 1.807) is 55.6 Å². The number of ether oxygens (including phenoxy) is 1. The minimum atomic E-state index is -0.529. The minimum absolute atomic E-state index is 0.141. The molecule has 0 aliphatic heterocycles. The van der Waals surface area contributed by atoms with Gasteiger partial charge in [-0.25, -0.2) is 4.39 Å². The van der Waals surface area contributed by atoms with Crippen LogP contribution in [0.25, 0.3) is 0 Å². The Balaban J connectivity index is 1.60. The standard InChI is InChI=1S/C22H18ClFN2O3/c1-29-17-11-9-16(10-12-17)26-22(28)14-5-7-15(8-6-14)25-21(27)13-18-19(23)3-2-4-20(18)24/h2-12H,13H2,1H3,(H,25,27)(H,26,28). The Morgan fingerprint density at radius 3 is 2.17 bits per heavy atom. The molecule has 2 amide bonds. The summed E-state index contributed by atoms with van der Waals surface area (Å²) in [5, 5.41) is 5.64. The molecule has 148 valence electrons. The number of rotatable bonds is 6. The first-order valence-electron chi connectivity index (χ1n) is 8.74. The van der Waals surface area contributed by atoms with Crippen LogP contribution in [0.3, 0.4) is 0 Å². The molecule has 3 aromatic carbocycles. The number of carbonyl (C=O) groups is 2. The molecule has 0 radical (unpaired) electrons. The Kier molecular flexibility index (Phi) is 6.46. The van der Waals surface area contributed by atoms with Crippen molar-refractivity contribution in [2.75, 3.05) is 17.7 Å². The summed E-state index contributed by atoms with van der Waals surface area (Å²) < 4.78 is 18.9. The van der Waals surface area contributed by atoms with Crippen molar-refractivity contribution in [1.82, 2.24) is 0 Å². The number of halogens is 2. The molecule has 0 atom stereocenters. The van der Waals surface area contributed by atoms with Crippen LogP contribution in [0.1, 0.15) is 15.9 Å². The minimum Gasteiger partial charge on any atom is -0.497 e. The lowest BCUT2D eigenvalue weighted by Gasteiger charge is -2.09. The van der Waals surface area contributed by atoms with E-state index >= 15 is 0 Å². The van der Waals surface area contributed by atoms with E-state index in [-0.39, 0.29) is 22.9 Å². The molecule has 5 nitrogen and oxygen atoms in total. The third kappa shape index (κ3) is 5.33. The van der Waals surface area contributed by atoms with E-state index in [4.69, 9.17) is 16.3 Å². The number of carbonyl (C=O) groups excluding carboxylic acids is 2. The Morgan fingerprint density at radius 2 is 1.55 bits per heavy atom. The molecule has 0 spiro atoms. The first kappa shape index (κ1) is 20.4. The Hall–Kier alpha value is -3.38. The molecule has 3 rings (SSSR count). The Bertz CT molecular complexity index is 1000. The lowest BCUT2D eigenvalue weighted by atomic mass is 10.1. The smallest absolute Gasteiger partial charge is 0.255 e. The second kappa shape index (κ2) is 9.21. The van der Waals surface area contributed by atoms with Crippen molar-refractivity contribution >= 4 is 34.8 Å². The van der Waals surface area contributed by atoms with Gasteiger partial charge in [-0.3, -0.25) is 9.59 Å². The molecule has 0 bridgehead atoms. The summed E-state index contributed by atoms with van der Waals surface area (Å²) in [7, 11) is 1.57. The Labute approximate surface area is 172 Å². The zero-order valence-corrected chi connectivity index (χ0v) is 16.3. The van der Waals surface area contributed by atoms with E-state index in [2.05, 4.69) is 10.6 Å². The van der Waals surface area contributed by atoms with Crippen LogP contribution in [-0.4, -0.2) is 18.9 Å². The maximum Gasteiger partial charge on any atom is 0.255 e. The van der Waals surface area contributed by atoms with E-state index in [9.17, 15) is 14.0 Å². The van der Waals surface area contributed by atoms with E-state index < -0.39 is 11.7 Å². The lowest BCUT2D eigenvalue weighted by molar-refractivity contribution is -0.115. The van der Waals surface area contributed by atoms with Crippen LogP contribution in [0.15, 0.2) is 66.7 Å². The normalized spacial score (nSPS) is 10.3. The van der Waals surface area contributed by atoms with Crippen molar-refractivity contribution in [3.05, 3.63) is 88.7 Å². The summed E-state index contributed by atoms with van der Waals surface area (Å²) in [6, 6.07) is 17.6. The fourth-order valence-corrected chi connectivity index (χ4v) is 2.88. The molecule has 0 saturated heterocycles. The summed E-state index contributed by atoms with van der Waals surface area (Å²) in [5.41, 5.74) is 1.69. The molecule has 3 aromatic rings. The van der Waals surface area contributed by atoms with Crippen LogP contribution in [0.5, 0.6) is 5.75 Å². The monoisotopic (exact) mass is 412 g/mol. The van der Waals surface area contributed by atoms with Crippen molar-refractivity contribution in [2.45, 2.75) is 6.42 Å². The average molecular weight is 413 g/mol. The van der Waals surface area contributed by atoms with Crippen molar-refractivity contribution in [1.29, 1.82) is 0 Å². The zero-order valence-electron chi connectivity index (χ0n) is 15.5. The van der Waals surface area contributed by atoms with E-state index in [0.717, 1.165) is 0 Å². The number of methoxy groups -OCH3 is 1. The number of hydrogen-bond donors (Lipinski definition) is 2. The van der Waals surface area contributed by atoms with Gasteiger partial charge in [-0.05, 0) is 60.7 Å². The molecule has 0 saturated carbocycles. The molecule has 7 heteroatoms. The van der Waals surface area contributed by atoms with Gasteiger partial charge in [0.15, 0.2) is 0 Å². The molecule has 0 fully saturated rings. The zero-order chi connectivity index (χ0) is 20.8. The summed E-state index contributed by atoms with van der Waals surface area (Å²) >= 11 is 5.94. The molecule has 0 aliphatic carbocycles. The van der Waals surface area contributed by atoms with Gasteiger partial charge in [0.05, 0.1) is 13.5 Å². The fourth-order valence-electron chi connectivity index (χ4n) is 2.65. The van der Waals surface area contributed by atoms with Gasteiger partial charge < -0.3 is 15.4 Å². The number of amides is 2. The predicted molar refractivity (Wildman–Crippen MR) is 111 cm³/mol. The van der Waals surface area contributed by atoms with Crippen molar-refractivity contribution in [2.24, 2.45) is 0 Å². The van der Waals surface area contributed by atoms with Crippen LogP contribution < -0.4 is 15.4 Å². The van der Waals surface area contributed by atoms with E-state index in [0.29, 0.717) is 22.7 Å². The maximum absolute atomic E-state index is 13.8. The van der Waals surface area contributed by atoms with Gasteiger partial charge >= 0.3 is 0 Å². The number of anilines is 2. The number of hydrogen-bond acceptors (Lipinski definition) is 3. The highest BCUT2D eigenvalue weighted by atomic mass is 35.5. The van der Waals surface area contributed by atoms with Crippen molar-refractivity contribution in [3.8, 4) is 5.75 Å². The highest BCUT2D eigenvalue weighted by Crippen LogP contribution is 2.20. The number of nitrogens with one attached hydrogen (secondary N) is 2. The topological polar surface area (TPSA) is 67.4 Å². The Morgan fingerprint density at radius 1 is 0.931 bits per heavy atom. The first-order valence-corrected chi connectivity index (χ1v) is 9.12. The molecular weight excluding hydrogens is 395 g/mol. The van der Waals surface area contributed by atoms with Gasteiger partial charge in [0.2, 0.25) is 5.91 Å². The highest BCUT2D eigenvalue weighted by Gasteiger charge is 2.12. The summed E-state index contributed by atoms with van der Waals surface area (Å²) in [5.74, 6) is -0.531. The average Bonchev–Trinajstić information content (AvgIpc) is 2.72. The van der Waals surface area contributed by atoms with Crippen molar-refractivity contribution < 1.29 is 18.7 Å². The van der Waals surface area contributed by atoms with Gasteiger partial charge in [-0.1, -0.05) is 17.7 Å². The maximum atomic E-state index is 13.8. The second-order valence-electron chi connectivity index (χ2n) is 6.19. The van der Waals surface area contributed by atoms with Crippen LogP contribution >= 0.6 is 11.6 Å². The third-order valence-corrected chi connectivity index (χ3v) is 4.53. The van der Waals surface area contributed by atoms with Gasteiger partial charge in [0.25, 0.3) is 5.91 Å². The van der Waals surface area contributed by atoms with Crippen LogP contribution in [0, 0.1) is 5.82 Å². The van der Waals surface area contributed by atoms with Crippen LogP contribution in [0.4, 0.5) is 15.8 Å². The lowest BCUT2D eigenvalue weighted by Crippen LogP contribution is -2.16. The van der Waals surface area contributed by atoms with E-state index in [1.165, 1.54) is 18.2 Å². The first-order chi connectivity index (χ1) is 14.0. The molecule has 2 N–H and O–H groups in total. The van der Waals surface area contributed by atoms with E-state index in [1.807, 2.05) is 0 Å². The predicted octanol–water partition coefficient (Wildman–Crippen LogP) is 4.92. The summed E-state index contributed by atoms with van der Waals surface area (Å²) in [4.78, 5) is 24.5. The molecule has 0 aliphatic rings. The summed E-state index contributed by atoms with van der Waals surface area (Å²) in [6.07, 6.45) is -0.189. The SMILES string of the molecule is COc1ccc(NC(=O)c2ccc(NC(=O)Cc3c(F)cccc3Cl)cc2)cc1. The molecule has 0 aromatic heterocycles. The quantitative estimate of drug-likeness (QED) is 0.603.